The predicted molar refractivity (Wildman–Crippen MR) is 128 cm³/mol. The van der Waals surface area contributed by atoms with E-state index in [1.807, 2.05) is 30.1 Å². The van der Waals surface area contributed by atoms with Crippen molar-refractivity contribution in [1.82, 2.24) is 15.1 Å². The van der Waals surface area contributed by atoms with Crippen LogP contribution in [0.3, 0.4) is 0 Å². The average molecular weight is 482 g/mol. The SMILES string of the molecule is Cn1cc(CNC(=O)OCC2CCc3c(sc(NC(=O)C=Cc4ccsc4)c3C#N)C2)cn1. The molecular weight excluding hydrogens is 458 g/mol. The second kappa shape index (κ2) is 10.5. The summed E-state index contributed by atoms with van der Waals surface area (Å²) in [7, 11) is 1.82. The number of rotatable bonds is 7. The highest BCUT2D eigenvalue weighted by atomic mass is 32.1. The molecule has 3 aromatic rings. The van der Waals surface area contributed by atoms with Crippen molar-refractivity contribution < 1.29 is 14.3 Å². The van der Waals surface area contributed by atoms with E-state index in [4.69, 9.17) is 4.74 Å². The van der Waals surface area contributed by atoms with Crippen molar-refractivity contribution in [1.29, 1.82) is 5.26 Å². The average Bonchev–Trinajstić information content (AvgIpc) is 3.54. The van der Waals surface area contributed by atoms with Crippen LogP contribution < -0.4 is 10.6 Å². The first-order valence-electron chi connectivity index (χ1n) is 10.5. The summed E-state index contributed by atoms with van der Waals surface area (Å²) >= 11 is 3.00. The van der Waals surface area contributed by atoms with E-state index < -0.39 is 6.09 Å². The Morgan fingerprint density at radius 2 is 2.33 bits per heavy atom. The number of fused-ring (bicyclic) bond motifs is 1. The lowest BCUT2D eigenvalue weighted by Gasteiger charge is -2.21. The maximum atomic E-state index is 12.3. The van der Waals surface area contributed by atoms with E-state index in [2.05, 4.69) is 21.8 Å². The molecule has 4 rings (SSSR count). The summed E-state index contributed by atoms with van der Waals surface area (Å²) in [6.07, 6.45) is 8.55. The fourth-order valence-corrected chi connectivity index (χ4v) is 5.62. The molecule has 3 heterocycles. The van der Waals surface area contributed by atoms with Crippen molar-refractivity contribution in [2.24, 2.45) is 13.0 Å². The van der Waals surface area contributed by atoms with Crippen LogP contribution >= 0.6 is 22.7 Å². The third-order valence-electron chi connectivity index (χ3n) is 5.33. The molecule has 33 heavy (non-hydrogen) atoms. The van der Waals surface area contributed by atoms with Crippen molar-refractivity contribution in [3.63, 3.8) is 0 Å². The number of hydrogen-bond donors (Lipinski definition) is 2. The molecule has 0 aromatic carbocycles. The minimum absolute atomic E-state index is 0.175. The minimum Gasteiger partial charge on any atom is -0.449 e. The molecule has 1 aliphatic rings. The standard InChI is InChI=1S/C23H23N5O3S2/c1-28-12-17(11-26-28)10-25-23(30)31-13-16-2-4-18-19(9-24)22(33-20(18)8-16)27-21(29)5-3-15-6-7-32-14-15/h3,5-7,11-12,14,16H,2,4,8,10,13H2,1H3,(H,25,30)(H,27,29). The van der Waals surface area contributed by atoms with Crippen LogP contribution in [0.5, 0.6) is 0 Å². The normalized spacial score (nSPS) is 15.1. The molecule has 0 radical (unpaired) electrons. The van der Waals surface area contributed by atoms with Gasteiger partial charge in [-0.2, -0.15) is 21.7 Å². The third kappa shape index (κ3) is 5.88. The zero-order valence-electron chi connectivity index (χ0n) is 18.0. The van der Waals surface area contributed by atoms with Crippen molar-refractivity contribution >= 4 is 45.8 Å². The van der Waals surface area contributed by atoms with Crippen LogP contribution in [0.2, 0.25) is 0 Å². The maximum Gasteiger partial charge on any atom is 0.407 e. The van der Waals surface area contributed by atoms with Crippen LogP contribution in [0, 0.1) is 17.2 Å². The van der Waals surface area contributed by atoms with Gasteiger partial charge in [-0.05, 0) is 59.2 Å². The number of carbonyl (C=O) groups is 2. The van der Waals surface area contributed by atoms with Gasteiger partial charge in [0.1, 0.15) is 11.1 Å². The van der Waals surface area contributed by atoms with Gasteiger partial charge >= 0.3 is 6.09 Å². The predicted octanol–water partition coefficient (Wildman–Crippen LogP) is 4.10. The number of carbonyl (C=O) groups excluding carboxylic acids is 2. The second-order valence-corrected chi connectivity index (χ2v) is 9.67. The molecule has 10 heteroatoms. The summed E-state index contributed by atoms with van der Waals surface area (Å²) < 4.78 is 7.08. The maximum absolute atomic E-state index is 12.3. The van der Waals surface area contributed by atoms with Gasteiger partial charge < -0.3 is 15.4 Å². The largest absolute Gasteiger partial charge is 0.449 e. The Kier molecular flexibility index (Phi) is 7.22. The second-order valence-electron chi connectivity index (χ2n) is 7.78. The summed E-state index contributed by atoms with van der Waals surface area (Å²) in [5.74, 6) is -0.0876. The molecule has 3 aromatic heterocycles. The molecule has 0 bridgehead atoms. The molecule has 0 fully saturated rings. The highest BCUT2D eigenvalue weighted by Crippen LogP contribution is 2.39. The van der Waals surface area contributed by atoms with Gasteiger partial charge in [0.05, 0.1) is 18.4 Å². The number of ether oxygens (including phenoxy) is 1. The molecule has 170 valence electrons. The number of nitrogens with one attached hydrogen (secondary N) is 2. The lowest BCUT2D eigenvalue weighted by molar-refractivity contribution is -0.111. The number of anilines is 1. The highest BCUT2D eigenvalue weighted by molar-refractivity contribution is 7.16. The van der Waals surface area contributed by atoms with Gasteiger partial charge in [0.2, 0.25) is 5.91 Å². The van der Waals surface area contributed by atoms with E-state index in [0.29, 0.717) is 30.1 Å². The van der Waals surface area contributed by atoms with E-state index in [-0.39, 0.29) is 11.8 Å². The molecule has 8 nitrogen and oxygen atoms in total. The zero-order valence-corrected chi connectivity index (χ0v) is 19.7. The summed E-state index contributed by atoms with van der Waals surface area (Å²) in [5.41, 5.74) is 3.41. The van der Waals surface area contributed by atoms with Gasteiger partial charge in [0.15, 0.2) is 0 Å². The van der Waals surface area contributed by atoms with Crippen LogP contribution in [0.25, 0.3) is 6.08 Å². The summed E-state index contributed by atoms with van der Waals surface area (Å²) in [6, 6.07) is 4.18. The van der Waals surface area contributed by atoms with Gasteiger partial charge in [-0.15, -0.1) is 11.3 Å². The summed E-state index contributed by atoms with van der Waals surface area (Å²) in [6.45, 7) is 0.672. The Hall–Kier alpha value is -3.42. The number of hydrogen-bond acceptors (Lipinski definition) is 7. The lowest BCUT2D eigenvalue weighted by atomic mass is 9.88. The number of amides is 2. The van der Waals surface area contributed by atoms with Crippen LogP contribution in [0.15, 0.2) is 35.3 Å². The van der Waals surface area contributed by atoms with E-state index in [0.717, 1.165) is 34.4 Å². The van der Waals surface area contributed by atoms with E-state index in [9.17, 15) is 14.9 Å². The monoisotopic (exact) mass is 481 g/mol. The number of nitriles is 1. The van der Waals surface area contributed by atoms with Crippen LogP contribution in [-0.4, -0.2) is 28.4 Å². The van der Waals surface area contributed by atoms with Crippen molar-refractivity contribution in [2.75, 3.05) is 11.9 Å². The smallest absolute Gasteiger partial charge is 0.407 e. The van der Waals surface area contributed by atoms with Crippen LogP contribution in [0.4, 0.5) is 9.80 Å². The Balaban J connectivity index is 1.31. The fourth-order valence-electron chi connectivity index (χ4n) is 3.68. The van der Waals surface area contributed by atoms with Gasteiger partial charge in [-0.25, -0.2) is 4.79 Å². The van der Waals surface area contributed by atoms with Crippen molar-refractivity contribution in [2.45, 2.75) is 25.8 Å². The Bertz CT molecular complexity index is 1200. The van der Waals surface area contributed by atoms with Gasteiger partial charge in [0.25, 0.3) is 0 Å². The first-order chi connectivity index (χ1) is 16.0. The molecule has 0 spiro atoms. The molecule has 1 unspecified atom stereocenters. The van der Waals surface area contributed by atoms with Crippen molar-refractivity contribution in [3.05, 3.63) is 62.4 Å². The van der Waals surface area contributed by atoms with Crippen LogP contribution in [-0.2, 0) is 36.0 Å². The Morgan fingerprint density at radius 3 is 3.06 bits per heavy atom. The van der Waals surface area contributed by atoms with Gasteiger partial charge in [-0.3, -0.25) is 9.48 Å². The number of alkyl carbamates (subject to hydrolysis) is 1. The highest BCUT2D eigenvalue weighted by Gasteiger charge is 2.27. The zero-order chi connectivity index (χ0) is 23.2. The Morgan fingerprint density at radius 1 is 1.45 bits per heavy atom. The number of aromatic nitrogens is 2. The molecule has 0 saturated carbocycles. The third-order valence-corrected chi connectivity index (χ3v) is 7.20. The molecule has 1 aliphatic carbocycles. The number of thiophene rings is 2. The van der Waals surface area contributed by atoms with Crippen LogP contribution in [0.1, 0.15) is 33.6 Å². The molecular formula is C23H23N5O3S2. The van der Waals surface area contributed by atoms with Gasteiger partial charge in [-0.1, -0.05) is 0 Å². The molecule has 2 amide bonds. The molecule has 2 N–H and O–H groups in total. The summed E-state index contributed by atoms with van der Waals surface area (Å²) in [5, 5.41) is 23.8. The number of nitrogens with zero attached hydrogens (tertiary/aromatic N) is 3. The first-order valence-corrected chi connectivity index (χ1v) is 12.2. The van der Waals surface area contributed by atoms with E-state index >= 15 is 0 Å². The molecule has 0 saturated heterocycles. The lowest BCUT2D eigenvalue weighted by Crippen LogP contribution is -2.27. The summed E-state index contributed by atoms with van der Waals surface area (Å²) in [4.78, 5) is 25.4. The topological polar surface area (TPSA) is 109 Å². The quantitative estimate of drug-likeness (QED) is 0.494. The van der Waals surface area contributed by atoms with Crippen molar-refractivity contribution in [3.8, 4) is 6.07 Å². The first kappa shape index (κ1) is 22.8. The Labute approximate surface area is 199 Å². The van der Waals surface area contributed by atoms with Gasteiger partial charge in [0, 0.05) is 36.3 Å². The molecule has 0 aliphatic heterocycles. The van der Waals surface area contributed by atoms with E-state index in [1.165, 1.54) is 17.4 Å². The fraction of sp³-hybridized carbons (Fsp3) is 0.304. The number of aryl methyl sites for hydroxylation is 1. The van der Waals surface area contributed by atoms with E-state index in [1.54, 1.807) is 28.3 Å². The minimum atomic E-state index is -0.459. The molecule has 1 atom stereocenters.